The Hall–Kier alpha value is -0.940. The number of fused-ring (bicyclic) bond motifs is 2. The first-order valence-electron chi connectivity index (χ1n) is 9.65. The predicted molar refractivity (Wildman–Crippen MR) is 91.4 cm³/mol. The zero-order valence-electron chi connectivity index (χ0n) is 15.4. The van der Waals surface area contributed by atoms with Crippen molar-refractivity contribution in [1.29, 1.82) is 0 Å². The summed E-state index contributed by atoms with van der Waals surface area (Å²) in [6.45, 7) is 9.09. The number of β-amino-alcohol motifs (C(OH)–C–C–N with tert-alkyl or cyclic N) is 1. The van der Waals surface area contributed by atoms with Crippen LogP contribution in [0.15, 0.2) is 0 Å². The van der Waals surface area contributed by atoms with Gasteiger partial charge < -0.3 is 10.0 Å². The van der Waals surface area contributed by atoms with Crippen molar-refractivity contribution in [2.75, 3.05) is 26.2 Å². The van der Waals surface area contributed by atoms with Gasteiger partial charge in [0, 0.05) is 5.92 Å². The van der Waals surface area contributed by atoms with E-state index in [-0.39, 0.29) is 29.7 Å². The van der Waals surface area contributed by atoms with Crippen molar-refractivity contribution >= 4 is 11.8 Å². The highest BCUT2D eigenvalue weighted by molar-refractivity contribution is 6.03. The lowest BCUT2D eigenvalue weighted by atomic mass is 9.62. The van der Waals surface area contributed by atoms with Crippen LogP contribution in [0.4, 0.5) is 0 Å². The van der Waals surface area contributed by atoms with E-state index in [1.54, 1.807) is 0 Å². The zero-order chi connectivity index (χ0) is 17.5. The second kappa shape index (κ2) is 6.41. The Morgan fingerprint density at radius 1 is 1.17 bits per heavy atom. The van der Waals surface area contributed by atoms with Gasteiger partial charge in [0.05, 0.1) is 25.0 Å². The van der Waals surface area contributed by atoms with Crippen LogP contribution in [0.1, 0.15) is 59.3 Å². The first kappa shape index (κ1) is 17.9. The highest BCUT2D eigenvalue weighted by Crippen LogP contribution is 2.59. The number of amides is 2. The van der Waals surface area contributed by atoms with E-state index in [2.05, 4.69) is 13.8 Å². The normalized spacial score (nSPS) is 35.2. The standard InChI is InChI=1S/C19H32N2O3/c1-18(2)15-8-9-19(18,3)17(24)21(16(15)23)13-14(22)12-20-10-6-4-5-7-11-20/h14-15,22H,4-13H2,1-3H3/p+1/t14-,15+,19+/m1/s1. The van der Waals surface area contributed by atoms with Crippen LogP contribution in [0.2, 0.25) is 0 Å². The molecule has 1 aliphatic carbocycles. The van der Waals surface area contributed by atoms with E-state index >= 15 is 0 Å². The Morgan fingerprint density at radius 2 is 1.79 bits per heavy atom. The maximum absolute atomic E-state index is 13.0. The second-order valence-corrected chi connectivity index (χ2v) is 8.92. The minimum atomic E-state index is -0.616. The summed E-state index contributed by atoms with van der Waals surface area (Å²) in [4.78, 5) is 28.6. The molecule has 2 amide bonds. The lowest BCUT2D eigenvalue weighted by molar-refractivity contribution is -0.902. The topological polar surface area (TPSA) is 62.1 Å². The summed E-state index contributed by atoms with van der Waals surface area (Å²) in [6, 6.07) is 0. The Morgan fingerprint density at radius 3 is 2.42 bits per heavy atom. The summed E-state index contributed by atoms with van der Waals surface area (Å²) >= 11 is 0. The van der Waals surface area contributed by atoms with Crippen molar-refractivity contribution in [3.63, 3.8) is 0 Å². The van der Waals surface area contributed by atoms with E-state index in [9.17, 15) is 14.7 Å². The third-order valence-corrected chi connectivity index (χ3v) is 7.24. The fourth-order valence-electron chi connectivity index (χ4n) is 5.12. The molecular formula is C19H33N2O3+. The lowest BCUT2D eigenvalue weighted by Gasteiger charge is -2.48. The van der Waals surface area contributed by atoms with Crippen LogP contribution in [-0.4, -0.2) is 54.1 Å². The molecular weight excluding hydrogens is 304 g/mol. The van der Waals surface area contributed by atoms with E-state index in [1.165, 1.54) is 35.5 Å². The molecule has 3 fully saturated rings. The summed E-state index contributed by atoms with van der Waals surface area (Å²) < 4.78 is 0. The monoisotopic (exact) mass is 337 g/mol. The van der Waals surface area contributed by atoms with Crippen molar-refractivity contribution in [2.45, 2.75) is 65.4 Å². The Balaban J connectivity index is 1.66. The van der Waals surface area contributed by atoms with Crippen molar-refractivity contribution < 1.29 is 19.6 Å². The van der Waals surface area contributed by atoms with Gasteiger partial charge in [-0.25, -0.2) is 0 Å². The average Bonchev–Trinajstić information content (AvgIpc) is 2.70. The summed E-state index contributed by atoms with van der Waals surface area (Å²) in [5.41, 5.74) is -0.751. The van der Waals surface area contributed by atoms with Crippen LogP contribution in [0.25, 0.3) is 0 Å². The maximum atomic E-state index is 13.0. The van der Waals surface area contributed by atoms with Crippen LogP contribution in [-0.2, 0) is 9.59 Å². The fourth-order valence-corrected chi connectivity index (χ4v) is 5.12. The third kappa shape index (κ3) is 2.80. The molecule has 0 aromatic carbocycles. The summed E-state index contributed by atoms with van der Waals surface area (Å²) in [5.74, 6) is -0.223. The molecule has 3 rings (SSSR count). The summed E-state index contributed by atoms with van der Waals surface area (Å²) in [5, 5.41) is 10.5. The number of aliphatic hydroxyl groups excluding tert-OH is 1. The van der Waals surface area contributed by atoms with Gasteiger partial charge in [-0.15, -0.1) is 0 Å². The number of likely N-dealkylation sites (tertiary alicyclic amines) is 2. The number of hydrogen-bond acceptors (Lipinski definition) is 3. The highest BCUT2D eigenvalue weighted by atomic mass is 16.3. The molecule has 24 heavy (non-hydrogen) atoms. The molecule has 2 heterocycles. The van der Waals surface area contributed by atoms with Crippen LogP contribution >= 0.6 is 0 Å². The molecule has 0 spiro atoms. The molecule has 2 saturated heterocycles. The molecule has 5 nitrogen and oxygen atoms in total. The van der Waals surface area contributed by atoms with Gasteiger partial charge >= 0.3 is 0 Å². The number of piperidine rings is 1. The van der Waals surface area contributed by atoms with Gasteiger partial charge in [0.2, 0.25) is 11.8 Å². The molecule has 0 aromatic rings. The number of nitrogens with zero attached hydrogens (tertiary/aromatic N) is 1. The molecule has 2 aliphatic heterocycles. The molecule has 0 aromatic heterocycles. The van der Waals surface area contributed by atoms with Crippen molar-refractivity contribution in [3.05, 3.63) is 0 Å². The SMILES string of the molecule is CC1(C)[C@H]2CC[C@@]1(C)C(=O)N(C[C@H](O)C[NH+]1CCCCCC1)C2=O. The van der Waals surface area contributed by atoms with E-state index in [4.69, 9.17) is 0 Å². The molecule has 0 radical (unpaired) electrons. The summed E-state index contributed by atoms with van der Waals surface area (Å²) in [6.07, 6.45) is 5.92. The van der Waals surface area contributed by atoms with Crippen molar-refractivity contribution in [3.8, 4) is 0 Å². The van der Waals surface area contributed by atoms with Gasteiger partial charge in [-0.3, -0.25) is 14.5 Å². The van der Waals surface area contributed by atoms with Crippen LogP contribution in [0.5, 0.6) is 0 Å². The Bertz CT molecular complexity index is 511. The molecule has 136 valence electrons. The van der Waals surface area contributed by atoms with E-state index in [0.29, 0.717) is 6.54 Å². The number of quaternary nitrogens is 1. The largest absolute Gasteiger partial charge is 0.385 e. The molecule has 5 heteroatoms. The van der Waals surface area contributed by atoms with Gasteiger partial charge in [0.25, 0.3) is 0 Å². The van der Waals surface area contributed by atoms with E-state index in [1.807, 2.05) is 6.92 Å². The van der Waals surface area contributed by atoms with Crippen LogP contribution in [0.3, 0.4) is 0 Å². The Labute approximate surface area is 145 Å². The zero-order valence-corrected chi connectivity index (χ0v) is 15.4. The number of aliphatic hydroxyl groups is 1. The molecule has 1 saturated carbocycles. The number of rotatable bonds is 4. The van der Waals surface area contributed by atoms with Gasteiger partial charge in [0.15, 0.2) is 0 Å². The van der Waals surface area contributed by atoms with Crippen molar-refractivity contribution in [2.24, 2.45) is 16.7 Å². The third-order valence-electron chi connectivity index (χ3n) is 7.24. The minimum absolute atomic E-state index is 0.0649. The molecule has 3 atom stereocenters. The minimum Gasteiger partial charge on any atom is -0.385 e. The van der Waals surface area contributed by atoms with Gasteiger partial charge in [-0.05, 0) is 43.9 Å². The predicted octanol–water partition coefficient (Wildman–Crippen LogP) is 0.618. The number of carbonyl (C=O) groups is 2. The number of hydrogen-bond donors (Lipinski definition) is 2. The summed E-state index contributed by atoms with van der Waals surface area (Å²) in [7, 11) is 0. The van der Waals surface area contributed by atoms with Gasteiger partial charge in [0.1, 0.15) is 12.6 Å². The average molecular weight is 337 g/mol. The highest BCUT2D eigenvalue weighted by Gasteiger charge is 2.64. The van der Waals surface area contributed by atoms with Gasteiger partial charge in [-0.2, -0.15) is 0 Å². The number of nitrogens with one attached hydrogen (secondary N) is 1. The Kier molecular flexibility index (Phi) is 4.77. The van der Waals surface area contributed by atoms with Crippen LogP contribution < -0.4 is 4.90 Å². The second-order valence-electron chi connectivity index (χ2n) is 8.92. The van der Waals surface area contributed by atoms with Crippen molar-refractivity contribution in [1.82, 2.24) is 4.90 Å². The molecule has 2 N–H and O–H groups in total. The first-order chi connectivity index (χ1) is 11.3. The van der Waals surface area contributed by atoms with E-state index in [0.717, 1.165) is 25.9 Å². The first-order valence-corrected chi connectivity index (χ1v) is 9.65. The lowest BCUT2D eigenvalue weighted by Crippen LogP contribution is -3.13. The van der Waals surface area contributed by atoms with Crippen LogP contribution in [0, 0.1) is 16.7 Å². The van der Waals surface area contributed by atoms with E-state index < -0.39 is 11.5 Å². The fraction of sp³-hybridized carbons (Fsp3) is 0.895. The quantitative estimate of drug-likeness (QED) is 0.739. The number of imide groups is 1. The number of carbonyl (C=O) groups excluding carboxylic acids is 2. The molecule has 0 unspecified atom stereocenters. The molecule has 3 aliphatic rings. The van der Waals surface area contributed by atoms with Gasteiger partial charge in [-0.1, -0.05) is 20.8 Å². The maximum Gasteiger partial charge on any atom is 0.235 e. The molecule has 2 bridgehead atoms. The smallest absolute Gasteiger partial charge is 0.235 e.